The van der Waals surface area contributed by atoms with Gasteiger partial charge in [0.25, 0.3) is 0 Å². The molecule has 0 aliphatic carbocycles. The van der Waals surface area contributed by atoms with Crippen LogP contribution in [0.1, 0.15) is 10.4 Å². The zero-order valence-corrected chi connectivity index (χ0v) is 15.2. The van der Waals surface area contributed by atoms with E-state index in [0.717, 1.165) is 16.5 Å². The van der Waals surface area contributed by atoms with Gasteiger partial charge < -0.3 is 10.1 Å². The van der Waals surface area contributed by atoms with Gasteiger partial charge in [0.05, 0.1) is 18.6 Å². The summed E-state index contributed by atoms with van der Waals surface area (Å²) in [5.41, 5.74) is 1.41. The average Bonchev–Trinajstić information content (AvgIpc) is 2.68. The zero-order valence-electron chi connectivity index (χ0n) is 14.4. The number of nitrogens with one attached hydrogen (secondary N) is 1. The highest BCUT2D eigenvalue weighted by Crippen LogP contribution is 2.23. The maximum absolute atomic E-state index is 12.2. The molecular formula is C21H19NO3S. The molecule has 0 saturated carbocycles. The normalized spacial score (nSPS) is 10.5. The van der Waals surface area contributed by atoms with Crippen LogP contribution in [0.5, 0.6) is 5.75 Å². The Kier molecular flexibility index (Phi) is 5.92. The van der Waals surface area contributed by atoms with Crippen molar-refractivity contribution < 1.29 is 14.3 Å². The summed E-state index contributed by atoms with van der Waals surface area (Å²) in [6.45, 7) is 0. The van der Waals surface area contributed by atoms with Crippen LogP contribution in [-0.2, 0) is 4.79 Å². The third kappa shape index (κ3) is 4.43. The Morgan fingerprint density at radius 3 is 2.42 bits per heavy atom. The van der Waals surface area contributed by atoms with E-state index in [1.165, 1.54) is 11.8 Å². The highest BCUT2D eigenvalue weighted by Gasteiger charge is 2.09. The van der Waals surface area contributed by atoms with Crippen molar-refractivity contribution in [3.8, 4) is 5.75 Å². The van der Waals surface area contributed by atoms with Gasteiger partial charge in [-0.2, -0.15) is 0 Å². The standard InChI is InChI=1S/C21H19NO3S/c1-25-17-11-9-16(10-12-17)20(23)13-26-14-21(24)22-19-8-4-6-15-5-2-3-7-18(15)19/h2-12H,13-14H2,1H3,(H,22,24). The lowest BCUT2D eigenvalue weighted by Gasteiger charge is -2.08. The van der Waals surface area contributed by atoms with Gasteiger partial charge in [0, 0.05) is 16.6 Å². The molecule has 1 N–H and O–H groups in total. The number of ketones is 1. The maximum atomic E-state index is 12.2. The number of carbonyl (C=O) groups excluding carboxylic acids is 2. The second-order valence-electron chi connectivity index (χ2n) is 5.72. The van der Waals surface area contributed by atoms with Crippen LogP contribution in [0, 0.1) is 0 Å². The molecule has 0 fully saturated rings. The van der Waals surface area contributed by atoms with Crippen molar-refractivity contribution in [3.05, 3.63) is 72.3 Å². The lowest BCUT2D eigenvalue weighted by atomic mass is 10.1. The van der Waals surface area contributed by atoms with Crippen LogP contribution < -0.4 is 10.1 Å². The van der Waals surface area contributed by atoms with Crippen molar-refractivity contribution in [2.24, 2.45) is 0 Å². The van der Waals surface area contributed by atoms with Gasteiger partial charge >= 0.3 is 0 Å². The molecule has 0 unspecified atom stereocenters. The van der Waals surface area contributed by atoms with Crippen molar-refractivity contribution in [1.82, 2.24) is 0 Å². The minimum absolute atomic E-state index is 0.00406. The minimum atomic E-state index is -0.117. The van der Waals surface area contributed by atoms with E-state index in [0.29, 0.717) is 11.3 Å². The van der Waals surface area contributed by atoms with Gasteiger partial charge in [-0.1, -0.05) is 36.4 Å². The first-order valence-electron chi connectivity index (χ1n) is 8.20. The van der Waals surface area contributed by atoms with E-state index in [2.05, 4.69) is 5.32 Å². The monoisotopic (exact) mass is 365 g/mol. The molecule has 0 bridgehead atoms. The number of anilines is 1. The lowest BCUT2D eigenvalue weighted by molar-refractivity contribution is -0.113. The van der Waals surface area contributed by atoms with Gasteiger partial charge in [0.15, 0.2) is 5.78 Å². The van der Waals surface area contributed by atoms with Gasteiger partial charge in [-0.25, -0.2) is 0 Å². The predicted octanol–water partition coefficient (Wildman–Crippen LogP) is 4.40. The number of hydrogen-bond acceptors (Lipinski definition) is 4. The number of methoxy groups -OCH3 is 1. The van der Waals surface area contributed by atoms with Crippen LogP contribution in [-0.4, -0.2) is 30.3 Å². The fourth-order valence-electron chi connectivity index (χ4n) is 2.62. The van der Waals surface area contributed by atoms with E-state index in [4.69, 9.17) is 4.74 Å². The number of rotatable bonds is 7. The molecule has 3 aromatic rings. The Balaban J connectivity index is 1.53. The first kappa shape index (κ1) is 18.0. The Bertz CT molecular complexity index is 917. The number of thioether (sulfide) groups is 1. The first-order chi connectivity index (χ1) is 12.7. The van der Waals surface area contributed by atoms with Gasteiger partial charge in [0.2, 0.25) is 5.91 Å². The molecule has 5 heteroatoms. The number of carbonyl (C=O) groups is 2. The fraction of sp³-hybridized carbons (Fsp3) is 0.143. The second kappa shape index (κ2) is 8.54. The molecule has 0 spiro atoms. The smallest absolute Gasteiger partial charge is 0.234 e. The molecule has 0 heterocycles. The van der Waals surface area contributed by atoms with E-state index >= 15 is 0 Å². The van der Waals surface area contributed by atoms with Gasteiger partial charge in [-0.3, -0.25) is 9.59 Å². The number of Topliss-reactive ketones (excluding diaryl/α,β-unsaturated/α-hetero) is 1. The molecular weight excluding hydrogens is 346 g/mol. The van der Waals surface area contributed by atoms with Crippen molar-refractivity contribution in [2.45, 2.75) is 0 Å². The molecule has 0 aromatic heterocycles. The number of amides is 1. The molecule has 3 aromatic carbocycles. The van der Waals surface area contributed by atoms with Gasteiger partial charge in [-0.05, 0) is 35.7 Å². The van der Waals surface area contributed by atoms with Gasteiger partial charge in [-0.15, -0.1) is 11.8 Å². The number of hydrogen-bond donors (Lipinski definition) is 1. The van der Waals surface area contributed by atoms with E-state index in [1.807, 2.05) is 42.5 Å². The Morgan fingerprint density at radius 2 is 1.65 bits per heavy atom. The quantitative estimate of drug-likeness (QED) is 0.631. The largest absolute Gasteiger partial charge is 0.497 e. The van der Waals surface area contributed by atoms with Crippen molar-refractivity contribution in [1.29, 1.82) is 0 Å². The summed E-state index contributed by atoms with van der Waals surface area (Å²) >= 11 is 1.31. The molecule has 132 valence electrons. The molecule has 0 saturated heterocycles. The van der Waals surface area contributed by atoms with Crippen molar-refractivity contribution in [2.75, 3.05) is 23.9 Å². The Hall–Kier alpha value is -2.79. The van der Waals surface area contributed by atoms with Crippen molar-refractivity contribution in [3.63, 3.8) is 0 Å². The summed E-state index contributed by atoms with van der Waals surface area (Å²) in [7, 11) is 1.58. The first-order valence-corrected chi connectivity index (χ1v) is 9.35. The van der Waals surface area contributed by atoms with E-state index in [9.17, 15) is 9.59 Å². The van der Waals surface area contributed by atoms with E-state index in [1.54, 1.807) is 31.4 Å². The molecule has 26 heavy (non-hydrogen) atoms. The highest BCUT2D eigenvalue weighted by molar-refractivity contribution is 8.00. The predicted molar refractivity (Wildman–Crippen MR) is 107 cm³/mol. The lowest BCUT2D eigenvalue weighted by Crippen LogP contribution is -2.15. The van der Waals surface area contributed by atoms with Crippen LogP contribution in [0.3, 0.4) is 0 Å². The van der Waals surface area contributed by atoms with Crippen LogP contribution in [0.2, 0.25) is 0 Å². The minimum Gasteiger partial charge on any atom is -0.497 e. The van der Waals surface area contributed by atoms with E-state index in [-0.39, 0.29) is 23.2 Å². The zero-order chi connectivity index (χ0) is 18.4. The van der Waals surface area contributed by atoms with Crippen LogP contribution >= 0.6 is 11.8 Å². The van der Waals surface area contributed by atoms with E-state index < -0.39 is 0 Å². The summed E-state index contributed by atoms with van der Waals surface area (Å²) < 4.78 is 5.08. The Morgan fingerprint density at radius 1 is 0.923 bits per heavy atom. The summed E-state index contributed by atoms with van der Waals surface area (Å²) in [6, 6.07) is 20.7. The molecule has 4 nitrogen and oxygen atoms in total. The SMILES string of the molecule is COc1ccc(C(=O)CSCC(=O)Nc2cccc3ccccc23)cc1. The summed E-state index contributed by atoms with van der Waals surface area (Å²) in [5, 5.41) is 5.00. The number of fused-ring (bicyclic) bond motifs is 1. The summed E-state index contributed by atoms with van der Waals surface area (Å²) in [4.78, 5) is 24.4. The molecule has 0 aliphatic rings. The van der Waals surface area contributed by atoms with Crippen LogP contribution in [0.15, 0.2) is 66.7 Å². The summed E-state index contributed by atoms with van der Waals surface area (Å²) in [5.74, 6) is 1.08. The maximum Gasteiger partial charge on any atom is 0.234 e. The summed E-state index contributed by atoms with van der Waals surface area (Å²) in [6.07, 6.45) is 0. The molecule has 0 radical (unpaired) electrons. The molecule has 3 rings (SSSR count). The van der Waals surface area contributed by atoms with Crippen LogP contribution in [0.25, 0.3) is 10.8 Å². The average molecular weight is 365 g/mol. The third-order valence-corrected chi connectivity index (χ3v) is 4.87. The molecule has 0 aliphatic heterocycles. The number of ether oxygens (including phenoxy) is 1. The fourth-order valence-corrected chi connectivity index (χ4v) is 3.33. The van der Waals surface area contributed by atoms with Crippen LogP contribution in [0.4, 0.5) is 5.69 Å². The second-order valence-corrected chi connectivity index (χ2v) is 6.70. The third-order valence-electron chi connectivity index (χ3n) is 3.94. The Labute approximate surface area is 156 Å². The molecule has 1 amide bonds. The van der Waals surface area contributed by atoms with Crippen molar-refractivity contribution >= 4 is 39.9 Å². The van der Waals surface area contributed by atoms with Gasteiger partial charge in [0.1, 0.15) is 5.75 Å². The number of benzene rings is 3. The highest BCUT2D eigenvalue weighted by atomic mass is 32.2. The molecule has 0 atom stereocenters. The topological polar surface area (TPSA) is 55.4 Å².